The number of hydrogen-bond acceptors (Lipinski definition) is 3. The van der Waals surface area contributed by atoms with Crippen LogP contribution in [-0.4, -0.2) is 11.1 Å². The quantitative estimate of drug-likeness (QED) is 0.337. The lowest BCUT2D eigenvalue weighted by molar-refractivity contribution is -0.135. The fourth-order valence-electron chi connectivity index (χ4n) is 3.84. The van der Waals surface area contributed by atoms with Crippen LogP contribution in [0.2, 0.25) is 0 Å². The summed E-state index contributed by atoms with van der Waals surface area (Å²) in [7, 11) is 0. The van der Waals surface area contributed by atoms with Crippen molar-refractivity contribution in [3.63, 3.8) is 0 Å². The Kier molecular flexibility index (Phi) is 5.92. The second-order valence-electron chi connectivity index (χ2n) is 7.73. The first-order valence-corrected chi connectivity index (χ1v) is 11.0. The van der Waals surface area contributed by atoms with Gasteiger partial charge < -0.3 is 9.84 Å². The van der Waals surface area contributed by atoms with Gasteiger partial charge in [-0.25, -0.2) is 0 Å². The Morgan fingerprint density at radius 1 is 1.03 bits per heavy atom. The van der Waals surface area contributed by atoms with Crippen LogP contribution in [0.15, 0.2) is 72.6 Å². The molecule has 0 unspecified atom stereocenters. The molecule has 0 spiro atoms. The van der Waals surface area contributed by atoms with E-state index in [4.69, 9.17) is 9.84 Å². The maximum Gasteiger partial charge on any atom is 0.307 e. The maximum absolute atomic E-state index is 10.8. The number of thiophene rings is 1. The van der Waals surface area contributed by atoms with Gasteiger partial charge in [0.05, 0.1) is 6.42 Å². The molecule has 1 heterocycles. The smallest absolute Gasteiger partial charge is 0.307 e. The van der Waals surface area contributed by atoms with E-state index in [2.05, 4.69) is 62.2 Å². The normalized spacial score (nSPS) is 10.9. The summed E-state index contributed by atoms with van der Waals surface area (Å²) in [5.41, 5.74) is 7.66. The second kappa shape index (κ2) is 8.78. The van der Waals surface area contributed by atoms with E-state index in [-0.39, 0.29) is 6.42 Å². The van der Waals surface area contributed by atoms with Crippen molar-refractivity contribution < 1.29 is 14.6 Å². The van der Waals surface area contributed by atoms with Crippen LogP contribution in [0.25, 0.3) is 26.8 Å². The number of fused-ring (bicyclic) bond motifs is 1. The molecule has 0 radical (unpaired) electrons. The van der Waals surface area contributed by atoms with E-state index >= 15 is 0 Å². The highest BCUT2D eigenvalue weighted by Gasteiger charge is 2.12. The molecule has 0 fully saturated rings. The van der Waals surface area contributed by atoms with Crippen LogP contribution < -0.4 is 4.74 Å². The zero-order valence-electron chi connectivity index (χ0n) is 17.6. The molecule has 1 aromatic heterocycles. The summed E-state index contributed by atoms with van der Waals surface area (Å²) in [6.45, 7) is 8.62. The third kappa shape index (κ3) is 4.54. The van der Waals surface area contributed by atoms with Gasteiger partial charge in [0.1, 0.15) is 12.4 Å². The first-order chi connectivity index (χ1) is 14.9. The largest absolute Gasteiger partial charge is 0.489 e. The molecule has 0 aliphatic carbocycles. The topological polar surface area (TPSA) is 46.5 Å². The molecule has 4 heteroatoms. The SMILES string of the molecule is C=C(CC(=O)O)c1ccc(OCc2ccc3scc(-c4c(C)cccc4C)c3c2)cc1. The first-order valence-electron chi connectivity index (χ1n) is 10.1. The Morgan fingerprint density at radius 2 is 1.74 bits per heavy atom. The van der Waals surface area contributed by atoms with Crippen molar-refractivity contribution in [2.75, 3.05) is 0 Å². The molecule has 156 valence electrons. The van der Waals surface area contributed by atoms with Gasteiger partial charge in [-0.1, -0.05) is 43.0 Å². The molecule has 31 heavy (non-hydrogen) atoms. The minimum Gasteiger partial charge on any atom is -0.489 e. The summed E-state index contributed by atoms with van der Waals surface area (Å²) in [5.74, 6) is -0.137. The summed E-state index contributed by atoms with van der Waals surface area (Å²) < 4.78 is 7.25. The molecule has 4 aromatic rings. The number of rotatable bonds is 7. The summed E-state index contributed by atoms with van der Waals surface area (Å²) in [6.07, 6.45) is -0.0659. The third-order valence-corrected chi connectivity index (χ3v) is 6.38. The Hall–Kier alpha value is -3.37. The van der Waals surface area contributed by atoms with Gasteiger partial charge >= 0.3 is 5.97 Å². The van der Waals surface area contributed by atoms with E-state index in [9.17, 15) is 4.79 Å². The van der Waals surface area contributed by atoms with Gasteiger partial charge in [0.2, 0.25) is 0 Å². The number of ether oxygens (including phenoxy) is 1. The van der Waals surface area contributed by atoms with Gasteiger partial charge in [0.25, 0.3) is 0 Å². The van der Waals surface area contributed by atoms with Crippen molar-refractivity contribution in [1.29, 1.82) is 0 Å². The van der Waals surface area contributed by atoms with Gasteiger partial charge in [-0.05, 0) is 76.9 Å². The van der Waals surface area contributed by atoms with E-state index in [1.165, 1.54) is 32.3 Å². The second-order valence-corrected chi connectivity index (χ2v) is 8.65. The van der Waals surface area contributed by atoms with E-state index < -0.39 is 5.97 Å². The molecule has 0 aliphatic heterocycles. The van der Waals surface area contributed by atoms with Crippen molar-refractivity contribution in [2.24, 2.45) is 0 Å². The van der Waals surface area contributed by atoms with E-state index in [1.807, 2.05) is 24.3 Å². The molecule has 1 N–H and O–H groups in total. The third-order valence-electron chi connectivity index (χ3n) is 5.42. The van der Waals surface area contributed by atoms with Crippen molar-refractivity contribution in [3.05, 3.63) is 94.9 Å². The number of hydrogen-bond donors (Lipinski definition) is 1. The first kappa shape index (κ1) is 20.9. The minimum absolute atomic E-state index is 0.0659. The number of carbonyl (C=O) groups is 1. The zero-order valence-corrected chi connectivity index (χ0v) is 18.5. The van der Waals surface area contributed by atoms with Gasteiger partial charge in [0, 0.05) is 15.6 Å². The lowest BCUT2D eigenvalue weighted by Gasteiger charge is -2.11. The van der Waals surface area contributed by atoms with Crippen molar-refractivity contribution >= 4 is 33.0 Å². The Balaban J connectivity index is 1.53. The average Bonchev–Trinajstić information content (AvgIpc) is 3.15. The van der Waals surface area contributed by atoms with Gasteiger partial charge in [-0.15, -0.1) is 11.3 Å². The molecule has 0 saturated heterocycles. The van der Waals surface area contributed by atoms with E-state index in [0.29, 0.717) is 12.2 Å². The summed E-state index contributed by atoms with van der Waals surface area (Å²) >= 11 is 1.77. The van der Waals surface area contributed by atoms with Crippen molar-refractivity contribution in [1.82, 2.24) is 0 Å². The predicted octanol–water partition coefficient (Wildman–Crippen LogP) is 7.25. The van der Waals surface area contributed by atoms with Gasteiger partial charge in [0.15, 0.2) is 0 Å². The fraction of sp³-hybridized carbons (Fsp3) is 0.148. The van der Waals surface area contributed by atoms with Gasteiger partial charge in [-0.3, -0.25) is 4.79 Å². The molecule has 0 saturated carbocycles. The van der Waals surface area contributed by atoms with Crippen LogP contribution in [0, 0.1) is 13.8 Å². The van der Waals surface area contributed by atoms with Gasteiger partial charge in [-0.2, -0.15) is 0 Å². The van der Waals surface area contributed by atoms with Crippen LogP contribution in [0.3, 0.4) is 0 Å². The number of aryl methyl sites for hydroxylation is 2. The van der Waals surface area contributed by atoms with Crippen LogP contribution >= 0.6 is 11.3 Å². The van der Waals surface area contributed by atoms with Crippen LogP contribution in [0.1, 0.15) is 28.7 Å². The number of carboxylic acids is 1. The molecule has 3 nitrogen and oxygen atoms in total. The molecule has 4 rings (SSSR count). The van der Waals surface area contributed by atoms with Crippen molar-refractivity contribution in [3.8, 4) is 16.9 Å². The highest BCUT2D eigenvalue weighted by Crippen LogP contribution is 2.38. The number of aliphatic carboxylic acids is 1. The number of benzene rings is 3. The Bertz CT molecular complexity index is 1250. The molecule has 0 aliphatic rings. The predicted molar refractivity (Wildman–Crippen MR) is 129 cm³/mol. The summed E-state index contributed by atoms with van der Waals surface area (Å²) in [5, 5.41) is 12.4. The fourth-order valence-corrected chi connectivity index (χ4v) is 4.77. The standard InChI is InChI=1S/C27H24O3S/c1-17-5-4-6-18(2)27(17)24-16-31-25-12-7-20(14-23(24)25)15-30-22-10-8-21(9-11-22)19(3)13-26(28)29/h4-12,14,16H,3,13,15H2,1-2H3,(H,28,29). The molecule has 0 amide bonds. The maximum atomic E-state index is 10.8. The van der Waals surface area contributed by atoms with Crippen LogP contribution in [0.4, 0.5) is 0 Å². The molecular formula is C27H24O3S. The lowest BCUT2D eigenvalue weighted by Crippen LogP contribution is -1.97. The highest BCUT2D eigenvalue weighted by atomic mass is 32.1. The zero-order chi connectivity index (χ0) is 22.0. The number of carboxylic acid groups (broad SMARTS) is 1. The highest BCUT2D eigenvalue weighted by molar-refractivity contribution is 7.17. The van der Waals surface area contributed by atoms with Crippen molar-refractivity contribution in [2.45, 2.75) is 26.9 Å². The molecule has 3 aromatic carbocycles. The van der Waals surface area contributed by atoms with E-state index in [0.717, 1.165) is 16.9 Å². The van der Waals surface area contributed by atoms with E-state index in [1.54, 1.807) is 11.3 Å². The Labute approximate surface area is 186 Å². The monoisotopic (exact) mass is 428 g/mol. The van der Waals surface area contributed by atoms with Crippen LogP contribution in [0.5, 0.6) is 5.75 Å². The van der Waals surface area contributed by atoms with Crippen LogP contribution in [-0.2, 0) is 11.4 Å². The lowest BCUT2D eigenvalue weighted by atomic mass is 9.95. The molecule has 0 bridgehead atoms. The Morgan fingerprint density at radius 3 is 2.42 bits per heavy atom. The molecule has 0 atom stereocenters. The summed E-state index contributed by atoms with van der Waals surface area (Å²) in [6, 6.07) is 20.3. The average molecular weight is 429 g/mol. The molecular weight excluding hydrogens is 404 g/mol. The summed E-state index contributed by atoms with van der Waals surface area (Å²) in [4.78, 5) is 10.8. The minimum atomic E-state index is -0.880.